The van der Waals surface area contributed by atoms with Crippen LogP contribution in [-0.2, 0) is 9.53 Å². The molecule has 0 aliphatic carbocycles. The third-order valence-electron chi connectivity index (χ3n) is 3.60. The lowest BCUT2D eigenvalue weighted by Gasteiger charge is -2.01. The molecular weight excluding hydrogens is 382 g/mol. The van der Waals surface area contributed by atoms with E-state index >= 15 is 0 Å². The molecule has 1 amide bonds. The molecule has 0 spiro atoms. The first kappa shape index (κ1) is 19.3. The molecule has 1 heterocycles. The summed E-state index contributed by atoms with van der Waals surface area (Å²) >= 11 is 5.82. The maximum atomic E-state index is 12.0. The third-order valence-corrected chi connectivity index (χ3v) is 3.85. The van der Waals surface area contributed by atoms with E-state index in [1.165, 1.54) is 6.08 Å². The zero-order valence-corrected chi connectivity index (χ0v) is 15.6. The smallest absolute Gasteiger partial charge is 0.338 e. The van der Waals surface area contributed by atoms with Gasteiger partial charge in [-0.1, -0.05) is 28.8 Å². The van der Waals surface area contributed by atoms with Gasteiger partial charge in [-0.2, -0.15) is 0 Å². The lowest BCUT2D eigenvalue weighted by atomic mass is 10.1. The standard InChI is InChI=1S/C20H16ClN3O4/c1-2-27-19(26)15-8-6-14(7-9-15)18-23-24-20(28-18)22-17(25)12-5-13-3-10-16(21)11-4-13/h3-12H,2H2,1H3,(H,22,24,25)/b12-5+. The van der Waals surface area contributed by atoms with Gasteiger partial charge in [0.2, 0.25) is 5.89 Å². The first-order valence-corrected chi connectivity index (χ1v) is 8.78. The van der Waals surface area contributed by atoms with E-state index in [9.17, 15) is 9.59 Å². The molecule has 1 aromatic heterocycles. The zero-order valence-electron chi connectivity index (χ0n) is 14.9. The summed E-state index contributed by atoms with van der Waals surface area (Å²) in [5.74, 6) is -0.602. The third kappa shape index (κ3) is 5.05. The average Bonchev–Trinajstić information content (AvgIpc) is 3.16. The maximum absolute atomic E-state index is 12.0. The van der Waals surface area contributed by atoms with Crippen LogP contribution in [0.3, 0.4) is 0 Å². The lowest BCUT2D eigenvalue weighted by molar-refractivity contribution is -0.112. The van der Waals surface area contributed by atoms with Crippen molar-refractivity contribution in [2.24, 2.45) is 0 Å². The number of rotatable bonds is 6. The number of nitrogens with one attached hydrogen (secondary N) is 1. The number of ether oxygens (including phenoxy) is 1. The molecule has 0 saturated carbocycles. The minimum Gasteiger partial charge on any atom is -0.462 e. The van der Waals surface area contributed by atoms with Crippen LogP contribution in [0.1, 0.15) is 22.8 Å². The molecule has 2 aromatic carbocycles. The Hall–Kier alpha value is -3.45. The summed E-state index contributed by atoms with van der Waals surface area (Å²) in [6.07, 6.45) is 2.98. The number of aromatic nitrogens is 2. The number of anilines is 1. The van der Waals surface area contributed by atoms with Gasteiger partial charge in [-0.25, -0.2) is 4.79 Å². The molecule has 28 heavy (non-hydrogen) atoms. The molecule has 0 radical (unpaired) electrons. The minimum atomic E-state index is -0.414. The van der Waals surface area contributed by atoms with E-state index < -0.39 is 11.9 Å². The number of esters is 1. The Morgan fingerprint density at radius 3 is 2.50 bits per heavy atom. The second kappa shape index (κ2) is 8.96. The summed E-state index contributed by atoms with van der Waals surface area (Å²) in [6, 6.07) is 13.5. The molecule has 3 rings (SSSR count). The van der Waals surface area contributed by atoms with E-state index in [0.717, 1.165) is 5.56 Å². The molecule has 142 valence electrons. The lowest BCUT2D eigenvalue weighted by Crippen LogP contribution is -2.07. The van der Waals surface area contributed by atoms with Gasteiger partial charge in [0.1, 0.15) is 0 Å². The number of hydrogen-bond acceptors (Lipinski definition) is 6. The highest BCUT2D eigenvalue weighted by Crippen LogP contribution is 2.20. The molecular formula is C20H16ClN3O4. The second-order valence-electron chi connectivity index (χ2n) is 5.58. The highest BCUT2D eigenvalue weighted by Gasteiger charge is 2.12. The Labute approximate surface area is 166 Å². The summed E-state index contributed by atoms with van der Waals surface area (Å²) in [5, 5.41) is 10.8. The highest BCUT2D eigenvalue weighted by atomic mass is 35.5. The van der Waals surface area contributed by atoms with Crippen LogP contribution < -0.4 is 5.32 Å². The first-order chi connectivity index (χ1) is 13.5. The van der Waals surface area contributed by atoms with Crippen molar-refractivity contribution in [3.63, 3.8) is 0 Å². The minimum absolute atomic E-state index is 0.0322. The molecule has 0 fully saturated rings. The van der Waals surface area contributed by atoms with Crippen LogP contribution in [0.25, 0.3) is 17.5 Å². The first-order valence-electron chi connectivity index (χ1n) is 8.41. The van der Waals surface area contributed by atoms with E-state index in [1.807, 2.05) is 0 Å². The Bertz CT molecular complexity index is 995. The fourth-order valence-electron chi connectivity index (χ4n) is 2.25. The molecule has 7 nitrogen and oxygen atoms in total. The van der Waals surface area contributed by atoms with Crippen molar-refractivity contribution in [3.8, 4) is 11.5 Å². The van der Waals surface area contributed by atoms with Gasteiger partial charge in [0.15, 0.2) is 0 Å². The van der Waals surface area contributed by atoms with E-state index in [2.05, 4.69) is 15.5 Å². The summed E-state index contributed by atoms with van der Waals surface area (Å²) in [7, 11) is 0. The van der Waals surface area contributed by atoms with Crippen LogP contribution in [0.15, 0.2) is 59.0 Å². The van der Waals surface area contributed by atoms with E-state index in [4.69, 9.17) is 20.8 Å². The van der Waals surface area contributed by atoms with E-state index in [1.54, 1.807) is 61.5 Å². The van der Waals surface area contributed by atoms with E-state index in [-0.39, 0.29) is 11.9 Å². The molecule has 0 bridgehead atoms. The number of halogens is 1. The molecule has 0 saturated heterocycles. The van der Waals surface area contributed by atoms with Gasteiger partial charge >= 0.3 is 12.0 Å². The number of hydrogen-bond donors (Lipinski definition) is 1. The van der Waals surface area contributed by atoms with Crippen molar-refractivity contribution in [1.82, 2.24) is 10.2 Å². The predicted molar refractivity (Wildman–Crippen MR) is 105 cm³/mol. The van der Waals surface area contributed by atoms with Gasteiger partial charge in [0, 0.05) is 16.7 Å². The molecule has 0 aliphatic rings. The predicted octanol–water partition coefficient (Wildman–Crippen LogP) is 4.22. The van der Waals surface area contributed by atoms with Gasteiger partial charge in [-0.15, -0.1) is 5.10 Å². The largest absolute Gasteiger partial charge is 0.462 e. The van der Waals surface area contributed by atoms with Gasteiger partial charge in [-0.05, 0) is 55.0 Å². The Morgan fingerprint density at radius 2 is 1.82 bits per heavy atom. The quantitative estimate of drug-likeness (QED) is 0.494. The van der Waals surface area contributed by atoms with Crippen molar-refractivity contribution < 1.29 is 18.7 Å². The number of amides is 1. The van der Waals surface area contributed by atoms with Gasteiger partial charge < -0.3 is 9.15 Å². The summed E-state index contributed by atoms with van der Waals surface area (Å²) in [6.45, 7) is 2.05. The number of nitrogens with zero attached hydrogens (tertiary/aromatic N) is 2. The Morgan fingerprint density at radius 1 is 1.11 bits per heavy atom. The second-order valence-corrected chi connectivity index (χ2v) is 6.02. The number of carbonyl (C=O) groups excluding carboxylic acids is 2. The van der Waals surface area contributed by atoms with Crippen molar-refractivity contribution in [2.75, 3.05) is 11.9 Å². The Balaban J connectivity index is 1.62. The monoisotopic (exact) mass is 397 g/mol. The van der Waals surface area contributed by atoms with Gasteiger partial charge in [0.05, 0.1) is 12.2 Å². The van der Waals surface area contributed by atoms with Gasteiger partial charge in [-0.3, -0.25) is 10.1 Å². The molecule has 1 N–H and O–H groups in total. The van der Waals surface area contributed by atoms with Crippen molar-refractivity contribution in [2.45, 2.75) is 6.92 Å². The van der Waals surface area contributed by atoms with Crippen LogP contribution in [0.5, 0.6) is 0 Å². The van der Waals surface area contributed by atoms with Crippen LogP contribution in [0.4, 0.5) is 6.01 Å². The van der Waals surface area contributed by atoms with Crippen molar-refractivity contribution in [3.05, 3.63) is 70.8 Å². The number of carbonyl (C=O) groups is 2. The van der Waals surface area contributed by atoms with Crippen LogP contribution in [0, 0.1) is 0 Å². The molecule has 8 heteroatoms. The fourth-order valence-corrected chi connectivity index (χ4v) is 2.37. The number of benzene rings is 2. The highest BCUT2D eigenvalue weighted by molar-refractivity contribution is 6.30. The summed E-state index contributed by atoms with van der Waals surface area (Å²) < 4.78 is 10.4. The SMILES string of the molecule is CCOC(=O)c1ccc(-c2nnc(NC(=O)/C=C/c3ccc(Cl)cc3)o2)cc1. The van der Waals surface area contributed by atoms with Gasteiger partial charge in [0.25, 0.3) is 5.91 Å². The zero-order chi connectivity index (χ0) is 19.9. The van der Waals surface area contributed by atoms with Crippen LogP contribution >= 0.6 is 11.6 Å². The summed E-state index contributed by atoms with van der Waals surface area (Å²) in [5.41, 5.74) is 1.86. The summed E-state index contributed by atoms with van der Waals surface area (Å²) in [4.78, 5) is 23.6. The normalized spacial score (nSPS) is 10.8. The van der Waals surface area contributed by atoms with Crippen LogP contribution in [0.2, 0.25) is 5.02 Å². The van der Waals surface area contributed by atoms with Crippen molar-refractivity contribution in [1.29, 1.82) is 0 Å². The molecule has 0 aliphatic heterocycles. The van der Waals surface area contributed by atoms with Crippen molar-refractivity contribution >= 4 is 35.6 Å². The maximum Gasteiger partial charge on any atom is 0.338 e. The molecule has 0 atom stereocenters. The molecule has 0 unspecified atom stereocenters. The van der Waals surface area contributed by atoms with E-state index in [0.29, 0.717) is 22.8 Å². The van der Waals surface area contributed by atoms with Crippen LogP contribution in [-0.4, -0.2) is 28.7 Å². The fraction of sp³-hybridized carbons (Fsp3) is 0.100. The topological polar surface area (TPSA) is 94.3 Å². The molecule has 3 aromatic rings. The Kier molecular flexibility index (Phi) is 6.18. The average molecular weight is 398 g/mol.